The second-order valence-electron chi connectivity index (χ2n) is 3.67. The Hall–Kier alpha value is -0.0500. The quantitative estimate of drug-likeness (QED) is 0.622. The average Bonchev–Trinajstić information content (AvgIpc) is 1.86. The van der Waals surface area contributed by atoms with Gasteiger partial charge in [-0.05, 0) is 20.3 Å². The number of hydrogen-bond acceptors (Lipinski definition) is 2. The molecule has 1 aliphatic rings. The second-order valence-corrected chi connectivity index (χ2v) is 4.23. The minimum absolute atomic E-state index is 0.0783. The highest BCUT2D eigenvalue weighted by molar-refractivity contribution is 9.09. The van der Waals surface area contributed by atoms with Crippen molar-refractivity contribution in [2.24, 2.45) is 11.1 Å². The Morgan fingerprint density at radius 3 is 2.82 bits per heavy atom. The van der Waals surface area contributed by atoms with Crippen LogP contribution in [-0.4, -0.2) is 16.6 Å². The summed E-state index contributed by atoms with van der Waals surface area (Å²) in [5.74, 6) is 0.540. The number of alkyl halides is 1. The molecule has 0 aromatic heterocycles. The zero-order valence-electron chi connectivity index (χ0n) is 7.22. The van der Waals surface area contributed by atoms with Crippen LogP contribution in [0.4, 0.5) is 0 Å². The van der Waals surface area contributed by atoms with Gasteiger partial charge in [-0.1, -0.05) is 28.0 Å². The minimum Gasteiger partial charge on any atom is -0.390 e. The Balaban J connectivity index is 2.68. The maximum atomic E-state index is 5.30. The van der Waals surface area contributed by atoms with Crippen molar-refractivity contribution in [3.8, 4) is 0 Å². The van der Waals surface area contributed by atoms with Crippen molar-refractivity contribution < 1.29 is 4.84 Å². The lowest BCUT2D eigenvalue weighted by Gasteiger charge is -2.31. The summed E-state index contributed by atoms with van der Waals surface area (Å²) in [7, 11) is 0. The molecule has 0 unspecified atom stereocenters. The maximum Gasteiger partial charge on any atom is 0.132 e. The molecule has 0 saturated heterocycles. The fraction of sp³-hybridized carbons (Fsp3) is 0.875. The molecule has 0 spiro atoms. The third-order valence-corrected chi connectivity index (χ3v) is 2.49. The van der Waals surface area contributed by atoms with Gasteiger partial charge in [0.2, 0.25) is 0 Å². The lowest BCUT2D eigenvalue weighted by atomic mass is 9.91. The molecule has 1 rings (SSSR count). The average molecular weight is 220 g/mol. The predicted octanol–water partition coefficient (Wildman–Crippen LogP) is 2.57. The van der Waals surface area contributed by atoms with E-state index < -0.39 is 0 Å². The zero-order valence-corrected chi connectivity index (χ0v) is 8.81. The largest absolute Gasteiger partial charge is 0.390 e. The SMILES string of the molecule is C[C@@H]1CC(C)(C)ON=C1CBr. The van der Waals surface area contributed by atoms with E-state index in [4.69, 9.17) is 4.84 Å². The summed E-state index contributed by atoms with van der Waals surface area (Å²) in [4.78, 5) is 5.30. The highest BCUT2D eigenvalue weighted by Gasteiger charge is 2.29. The predicted molar refractivity (Wildman–Crippen MR) is 50.2 cm³/mol. The molecule has 3 heteroatoms. The van der Waals surface area contributed by atoms with Gasteiger partial charge in [0.05, 0.1) is 5.71 Å². The van der Waals surface area contributed by atoms with E-state index >= 15 is 0 Å². The lowest BCUT2D eigenvalue weighted by molar-refractivity contribution is -0.0378. The molecule has 1 aliphatic heterocycles. The number of hydrogen-bond donors (Lipinski definition) is 0. The van der Waals surface area contributed by atoms with Crippen LogP contribution in [0.3, 0.4) is 0 Å². The summed E-state index contributed by atoms with van der Waals surface area (Å²) in [5.41, 5.74) is 1.04. The monoisotopic (exact) mass is 219 g/mol. The van der Waals surface area contributed by atoms with Crippen molar-refractivity contribution in [3.63, 3.8) is 0 Å². The Bertz CT molecular complexity index is 177. The van der Waals surface area contributed by atoms with E-state index in [-0.39, 0.29) is 5.60 Å². The highest BCUT2D eigenvalue weighted by Crippen LogP contribution is 2.26. The molecular weight excluding hydrogens is 206 g/mol. The van der Waals surface area contributed by atoms with Gasteiger partial charge in [-0.3, -0.25) is 0 Å². The van der Waals surface area contributed by atoms with Gasteiger partial charge in [-0.2, -0.15) is 0 Å². The van der Waals surface area contributed by atoms with Crippen molar-refractivity contribution >= 4 is 21.6 Å². The second kappa shape index (κ2) is 3.13. The third kappa shape index (κ3) is 2.19. The van der Waals surface area contributed by atoms with Crippen LogP contribution >= 0.6 is 15.9 Å². The van der Waals surface area contributed by atoms with Gasteiger partial charge >= 0.3 is 0 Å². The Kier molecular flexibility index (Phi) is 2.58. The molecule has 0 N–H and O–H groups in total. The van der Waals surface area contributed by atoms with Gasteiger partial charge in [-0.25, -0.2) is 0 Å². The van der Waals surface area contributed by atoms with E-state index in [9.17, 15) is 0 Å². The number of oxime groups is 1. The van der Waals surface area contributed by atoms with E-state index in [1.165, 1.54) is 0 Å². The van der Waals surface area contributed by atoms with E-state index in [1.807, 2.05) is 0 Å². The third-order valence-electron chi connectivity index (χ3n) is 1.91. The van der Waals surface area contributed by atoms with Crippen LogP contribution < -0.4 is 0 Å². The van der Waals surface area contributed by atoms with E-state index in [0.717, 1.165) is 17.5 Å². The summed E-state index contributed by atoms with van der Waals surface area (Å²) in [5, 5.41) is 4.88. The van der Waals surface area contributed by atoms with E-state index in [0.29, 0.717) is 5.92 Å². The molecule has 0 amide bonds. The molecule has 11 heavy (non-hydrogen) atoms. The Morgan fingerprint density at radius 1 is 1.73 bits per heavy atom. The maximum absolute atomic E-state index is 5.30. The summed E-state index contributed by atoms with van der Waals surface area (Å²) in [6.07, 6.45) is 1.05. The lowest BCUT2D eigenvalue weighted by Crippen LogP contribution is -2.33. The molecule has 0 aromatic rings. The van der Waals surface area contributed by atoms with Crippen LogP contribution in [0.25, 0.3) is 0 Å². The topological polar surface area (TPSA) is 21.6 Å². The molecule has 64 valence electrons. The van der Waals surface area contributed by atoms with Gasteiger partial charge < -0.3 is 4.84 Å². The first kappa shape index (κ1) is 9.04. The first-order chi connectivity index (χ1) is 5.05. The molecule has 2 nitrogen and oxygen atoms in total. The van der Waals surface area contributed by atoms with Crippen LogP contribution in [0.2, 0.25) is 0 Å². The fourth-order valence-electron chi connectivity index (χ4n) is 1.32. The van der Waals surface area contributed by atoms with E-state index in [1.54, 1.807) is 0 Å². The molecule has 0 aromatic carbocycles. The van der Waals surface area contributed by atoms with Crippen molar-refractivity contribution in [1.29, 1.82) is 0 Å². The standard InChI is InChI=1S/C8H14BrNO/c1-6-4-8(2,3)11-10-7(6)5-9/h6H,4-5H2,1-3H3/t6-/m1/s1. The van der Waals surface area contributed by atoms with E-state index in [2.05, 4.69) is 41.9 Å². The van der Waals surface area contributed by atoms with Gasteiger partial charge in [0.25, 0.3) is 0 Å². The molecule has 1 atom stereocenters. The summed E-state index contributed by atoms with van der Waals surface area (Å²) >= 11 is 3.38. The van der Waals surface area contributed by atoms with Crippen molar-refractivity contribution in [2.45, 2.75) is 32.8 Å². The Morgan fingerprint density at radius 2 is 2.36 bits per heavy atom. The summed E-state index contributed by atoms with van der Waals surface area (Å²) < 4.78 is 0. The van der Waals surface area contributed by atoms with Crippen LogP contribution in [-0.2, 0) is 4.84 Å². The number of rotatable bonds is 1. The Labute approximate surface area is 76.1 Å². The molecule has 0 bridgehead atoms. The van der Waals surface area contributed by atoms with Crippen LogP contribution in [0.5, 0.6) is 0 Å². The highest BCUT2D eigenvalue weighted by atomic mass is 79.9. The number of halogens is 1. The first-order valence-corrected chi connectivity index (χ1v) is 4.98. The van der Waals surface area contributed by atoms with Gasteiger partial charge in [0.15, 0.2) is 0 Å². The normalized spacial score (nSPS) is 29.1. The van der Waals surface area contributed by atoms with Crippen LogP contribution in [0, 0.1) is 5.92 Å². The fourth-order valence-corrected chi connectivity index (χ4v) is 1.98. The molecule has 0 fully saturated rings. The zero-order chi connectivity index (χ0) is 8.48. The molecule has 0 radical (unpaired) electrons. The van der Waals surface area contributed by atoms with Crippen molar-refractivity contribution in [3.05, 3.63) is 0 Å². The first-order valence-electron chi connectivity index (χ1n) is 3.86. The van der Waals surface area contributed by atoms with Gasteiger partial charge in [-0.15, -0.1) is 0 Å². The number of nitrogens with zero attached hydrogens (tertiary/aromatic N) is 1. The molecular formula is C8H14BrNO. The molecule has 0 saturated carbocycles. The molecule has 1 heterocycles. The summed E-state index contributed by atoms with van der Waals surface area (Å²) in [6.45, 7) is 6.32. The van der Waals surface area contributed by atoms with Crippen molar-refractivity contribution in [1.82, 2.24) is 0 Å². The van der Waals surface area contributed by atoms with Crippen LogP contribution in [0.15, 0.2) is 5.16 Å². The summed E-state index contributed by atoms with van der Waals surface area (Å²) in [6, 6.07) is 0. The van der Waals surface area contributed by atoms with Gasteiger partial charge in [0, 0.05) is 11.2 Å². The van der Waals surface area contributed by atoms with Gasteiger partial charge in [0.1, 0.15) is 5.60 Å². The minimum atomic E-state index is -0.0783. The smallest absolute Gasteiger partial charge is 0.132 e. The van der Waals surface area contributed by atoms with Crippen LogP contribution in [0.1, 0.15) is 27.2 Å². The van der Waals surface area contributed by atoms with Crippen molar-refractivity contribution in [2.75, 3.05) is 5.33 Å². The molecule has 0 aliphatic carbocycles.